The molecule has 14 heavy (non-hydrogen) atoms. The Morgan fingerprint density at radius 2 is 1.29 bits per heavy atom. The van der Waals surface area contributed by atoms with E-state index in [1.54, 1.807) is 0 Å². The van der Waals surface area contributed by atoms with Crippen molar-refractivity contribution in [3.8, 4) is 0 Å². The molecule has 0 aromatic heterocycles. The monoisotopic (exact) mass is 192 g/mol. The summed E-state index contributed by atoms with van der Waals surface area (Å²) in [4.78, 5) is 0. The normalized spacial score (nSPS) is 10.6. The van der Waals surface area contributed by atoms with Gasteiger partial charge in [-0.05, 0) is 48.9 Å². The van der Waals surface area contributed by atoms with Crippen LogP contribution in [0.1, 0.15) is 36.1 Å². The van der Waals surface area contributed by atoms with Crippen LogP contribution in [0, 0.1) is 13.8 Å². The molecule has 2 nitrogen and oxygen atoms in total. The third kappa shape index (κ3) is 1.45. The van der Waals surface area contributed by atoms with Crippen molar-refractivity contribution in [2.75, 3.05) is 11.5 Å². The molecule has 78 valence electrons. The lowest BCUT2D eigenvalue weighted by molar-refractivity contribution is 1.06. The van der Waals surface area contributed by atoms with Crippen molar-refractivity contribution in [1.82, 2.24) is 0 Å². The number of hydrogen-bond acceptors (Lipinski definition) is 2. The lowest BCUT2D eigenvalue weighted by Crippen LogP contribution is -2.08. The standard InChI is InChI=1S/C12H20N2/c1-5-9-7(3)8(4)11(13)10(6-2)12(9)14/h5-6,13-14H2,1-4H3. The van der Waals surface area contributed by atoms with E-state index >= 15 is 0 Å². The lowest BCUT2D eigenvalue weighted by atomic mass is 9.92. The zero-order chi connectivity index (χ0) is 10.9. The van der Waals surface area contributed by atoms with Crippen molar-refractivity contribution in [3.05, 3.63) is 22.3 Å². The largest absolute Gasteiger partial charge is 0.398 e. The Labute approximate surface area is 86.3 Å². The van der Waals surface area contributed by atoms with Gasteiger partial charge in [0.1, 0.15) is 0 Å². The summed E-state index contributed by atoms with van der Waals surface area (Å²) in [6.45, 7) is 8.40. The number of hydrogen-bond donors (Lipinski definition) is 2. The van der Waals surface area contributed by atoms with E-state index < -0.39 is 0 Å². The van der Waals surface area contributed by atoms with Gasteiger partial charge in [-0.2, -0.15) is 0 Å². The highest BCUT2D eigenvalue weighted by Gasteiger charge is 2.13. The van der Waals surface area contributed by atoms with Gasteiger partial charge in [0.2, 0.25) is 0 Å². The van der Waals surface area contributed by atoms with Gasteiger partial charge in [0.15, 0.2) is 0 Å². The molecule has 1 aromatic rings. The molecule has 1 rings (SSSR count). The third-order valence-corrected chi connectivity index (χ3v) is 3.10. The summed E-state index contributed by atoms with van der Waals surface area (Å²) in [7, 11) is 0. The Hall–Kier alpha value is -1.18. The molecular formula is C12H20N2. The molecule has 0 atom stereocenters. The zero-order valence-electron chi connectivity index (χ0n) is 9.57. The average molecular weight is 192 g/mol. The van der Waals surface area contributed by atoms with E-state index in [9.17, 15) is 0 Å². The van der Waals surface area contributed by atoms with Crippen molar-refractivity contribution in [2.45, 2.75) is 40.5 Å². The van der Waals surface area contributed by atoms with Gasteiger partial charge in [-0.1, -0.05) is 13.8 Å². The number of anilines is 2. The summed E-state index contributed by atoms with van der Waals surface area (Å²) in [5.74, 6) is 0. The van der Waals surface area contributed by atoms with Crippen molar-refractivity contribution < 1.29 is 0 Å². The molecule has 0 aliphatic carbocycles. The van der Waals surface area contributed by atoms with Gasteiger partial charge in [0.05, 0.1) is 0 Å². The molecule has 1 aromatic carbocycles. The zero-order valence-corrected chi connectivity index (χ0v) is 9.57. The van der Waals surface area contributed by atoms with Crippen LogP contribution in [0.4, 0.5) is 11.4 Å². The predicted molar refractivity (Wildman–Crippen MR) is 63.5 cm³/mol. The summed E-state index contributed by atoms with van der Waals surface area (Å²) in [5.41, 5.74) is 18.7. The Kier molecular flexibility index (Phi) is 3.04. The fraction of sp³-hybridized carbons (Fsp3) is 0.500. The fourth-order valence-corrected chi connectivity index (χ4v) is 2.02. The average Bonchev–Trinajstić information content (AvgIpc) is 2.16. The van der Waals surface area contributed by atoms with Crippen LogP contribution >= 0.6 is 0 Å². The first-order valence-electron chi connectivity index (χ1n) is 5.20. The molecule has 0 saturated carbocycles. The van der Waals surface area contributed by atoms with Crippen LogP contribution in [0.3, 0.4) is 0 Å². The summed E-state index contributed by atoms with van der Waals surface area (Å²) >= 11 is 0. The molecule has 0 aliphatic rings. The maximum absolute atomic E-state index is 6.09. The first-order chi connectivity index (χ1) is 6.54. The maximum atomic E-state index is 6.09. The Bertz CT molecular complexity index is 323. The molecule has 4 N–H and O–H groups in total. The molecule has 0 heterocycles. The molecule has 0 radical (unpaired) electrons. The van der Waals surface area contributed by atoms with Gasteiger partial charge in [-0.3, -0.25) is 0 Å². The third-order valence-electron chi connectivity index (χ3n) is 3.10. The highest BCUT2D eigenvalue weighted by atomic mass is 14.6. The van der Waals surface area contributed by atoms with Gasteiger partial charge in [0.25, 0.3) is 0 Å². The summed E-state index contributed by atoms with van der Waals surface area (Å²) < 4.78 is 0. The van der Waals surface area contributed by atoms with Crippen LogP contribution < -0.4 is 11.5 Å². The predicted octanol–water partition coefficient (Wildman–Crippen LogP) is 2.59. The Morgan fingerprint density at radius 1 is 0.786 bits per heavy atom. The van der Waals surface area contributed by atoms with E-state index in [0.717, 1.165) is 29.8 Å². The first kappa shape index (κ1) is 10.9. The van der Waals surface area contributed by atoms with E-state index in [2.05, 4.69) is 27.7 Å². The second-order valence-electron chi connectivity index (χ2n) is 3.74. The molecule has 0 unspecified atom stereocenters. The molecular weight excluding hydrogens is 172 g/mol. The second-order valence-corrected chi connectivity index (χ2v) is 3.74. The van der Waals surface area contributed by atoms with E-state index in [0.29, 0.717) is 0 Å². The van der Waals surface area contributed by atoms with Crippen LogP contribution in [0.15, 0.2) is 0 Å². The maximum Gasteiger partial charge on any atom is 0.0402 e. The first-order valence-corrected chi connectivity index (χ1v) is 5.20. The highest BCUT2D eigenvalue weighted by Crippen LogP contribution is 2.32. The quantitative estimate of drug-likeness (QED) is 0.708. The molecule has 0 saturated heterocycles. The van der Waals surface area contributed by atoms with Gasteiger partial charge < -0.3 is 11.5 Å². The van der Waals surface area contributed by atoms with Crippen molar-refractivity contribution in [1.29, 1.82) is 0 Å². The van der Waals surface area contributed by atoms with Crippen LogP contribution in [-0.2, 0) is 12.8 Å². The number of nitrogens with two attached hydrogens (primary N) is 2. The second kappa shape index (κ2) is 3.91. The van der Waals surface area contributed by atoms with Crippen molar-refractivity contribution >= 4 is 11.4 Å². The van der Waals surface area contributed by atoms with Crippen LogP contribution in [-0.4, -0.2) is 0 Å². The van der Waals surface area contributed by atoms with E-state index in [4.69, 9.17) is 11.5 Å². The molecule has 0 bridgehead atoms. The molecule has 0 fully saturated rings. The number of rotatable bonds is 2. The Balaban J connectivity index is 3.56. The topological polar surface area (TPSA) is 52.0 Å². The van der Waals surface area contributed by atoms with Gasteiger partial charge >= 0.3 is 0 Å². The van der Waals surface area contributed by atoms with Gasteiger partial charge in [0, 0.05) is 11.4 Å². The minimum absolute atomic E-state index is 0.875. The smallest absolute Gasteiger partial charge is 0.0402 e. The lowest BCUT2D eigenvalue weighted by Gasteiger charge is -2.18. The van der Waals surface area contributed by atoms with Crippen molar-refractivity contribution in [3.63, 3.8) is 0 Å². The van der Waals surface area contributed by atoms with Crippen LogP contribution in [0.5, 0.6) is 0 Å². The van der Waals surface area contributed by atoms with Crippen LogP contribution in [0.2, 0.25) is 0 Å². The minimum atomic E-state index is 0.875. The summed E-state index contributed by atoms with van der Waals surface area (Å²) in [5, 5.41) is 0. The Morgan fingerprint density at radius 3 is 1.71 bits per heavy atom. The van der Waals surface area contributed by atoms with Crippen molar-refractivity contribution in [2.24, 2.45) is 0 Å². The molecule has 0 spiro atoms. The van der Waals surface area contributed by atoms with Gasteiger partial charge in [-0.25, -0.2) is 0 Å². The number of benzene rings is 1. The van der Waals surface area contributed by atoms with Gasteiger partial charge in [-0.15, -0.1) is 0 Å². The van der Waals surface area contributed by atoms with E-state index in [1.807, 2.05) is 0 Å². The summed E-state index contributed by atoms with van der Waals surface area (Å²) in [6, 6.07) is 0. The van der Waals surface area contributed by atoms with E-state index in [1.165, 1.54) is 16.7 Å². The number of nitrogen functional groups attached to an aromatic ring is 2. The fourth-order valence-electron chi connectivity index (χ4n) is 2.02. The molecule has 0 aliphatic heterocycles. The highest BCUT2D eigenvalue weighted by molar-refractivity contribution is 5.71. The SMILES string of the molecule is CCc1c(C)c(C)c(N)c(CC)c1N. The minimum Gasteiger partial charge on any atom is -0.398 e. The van der Waals surface area contributed by atoms with E-state index in [-0.39, 0.29) is 0 Å². The molecule has 0 amide bonds. The summed E-state index contributed by atoms with van der Waals surface area (Å²) in [6.07, 6.45) is 1.89. The van der Waals surface area contributed by atoms with Crippen LogP contribution in [0.25, 0.3) is 0 Å². The molecule has 2 heteroatoms.